The highest BCUT2D eigenvalue weighted by atomic mass is 15.0. The SMILES string of the molecule is c1ccc2cc(-c3c4ccccc4c(-c4ccc(-n5c6ccccc6c6c7cc8ccccc8cc7ccc65)cc4)c4ccccc34)ccc2c1. The summed E-state index contributed by atoms with van der Waals surface area (Å²) in [4.78, 5) is 0. The molecule has 0 unspecified atom stereocenters. The van der Waals surface area contributed by atoms with Gasteiger partial charge in [0.1, 0.15) is 0 Å². The zero-order valence-corrected chi connectivity index (χ0v) is 27.8. The summed E-state index contributed by atoms with van der Waals surface area (Å²) in [5, 5.41) is 15.3. The normalized spacial score (nSPS) is 11.9. The lowest BCUT2D eigenvalue weighted by Crippen LogP contribution is -1.94. The highest BCUT2D eigenvalue weighted by molar-refractivity contribution is 6.24. The standard InChI is InChI=1S/C50H31N/c1-2-12-34-30-38(22-21-32(34)11-1)49-42-17-7-5-15-40(42)48(41-16-6-8-18-43(41)49)33-23-26-39(27-24-33)51-46-20-10-9-19-44(46)50-45-31-36-14-4-3-13-35(36)29-37(45)25-28-47(50)51/h1-31H. The third-order valence-corrected chi connectivity index (χ3v) is 10.9. The Balaban J connectivity index is 1.12. The minimum atomic E-state index is 1.16. The number of hydrogen-bond acceptors (Lipinski definition) is 0. The van der Waals surface area contributed by atoms with Crippen LogP contribution in [0.3, 0.4) is 0 Å². The highest BCUT2D eigenvalue weighted by Gasteiger charge is 2.18. The largest absolute Gasteiger partial charge is 0.309 e. The van der Waals surface area contributed by atoms with Crippen molar-refractivity contribution in [3.8, 4) is 27.9 Å². The van der Waals surface area contributed by atoms with Crippen LogP contribution in [0.15, 0.2) is 188 Å². The monoisotopic (exact) mass is 645 g/mol. The van der Waals surface area contributed by atoms with Gasteiger partial charge < -0.3 is 4.57 Å². The lowest BCUT2D eigenvalue weighted by molar-refractivity contribution is 1.18. The van der Waals surface area contributed by atoms with Crippen LogP contribution in [-0.4, -0.2) is 4.57 Å². The van der Waals surface area contributed by atoms with E-state index < -0.39 is 0 Å². The molecule has 0 amide bonds. The fourth-order valence-electron chi connectivity index (χ4n) is 8.63. The third-order valence-electron chi connectivity index (χ3n) is 10.9. The molecule has 0 N–H and O–H groups in total. The van der Waals surface area contributed by atoms with Gasteiger partial charge in [-0.15, -0.1) is 0 Å². The second kappa shape index (κ2) is 10.9. The summed E-state index contributed by atoms with van der Waals surface area (Å²) in [5.41, 5.74) is 8.63. The van der Waals surface area contributed by atoms with Crippen LogP contribution >= 0.6 is 0 Å². The Kier molecular flexibility index (Phi) is 6.02. The number of rotatable bonds is 3. The first-order chi connectivity index (χ1) is 25.3. The molecule has 0 aliphatic carbocycles. The molecule has 0 fully saturated rings. The summed E-state index contributed by atoms with van der Waals surface area (Å²) in [6.07, 6.45) is 0. The van der Waals surface area contributed by atoms with E-state index in [2.05, 4.69) is 193 Å². The van der Waals surface area contributed by atoms with Gasteiger partial charge in [-0.2, -0.15) is 0 Å². The lowest BCUT2D eigenvalue weighted by Gasteiger charge is -2.18. The molecule has 0 radical (unpaired) electrons. The summed E-state index contributed by atoms with van der Waals surface area (Å²) in [5.74, 6) is 0. The van der Waals surface area contributed by atoms with Gasteiger partial charge in [-0.05, 0) is 119 Å². The number of benzene rings is 10. The van der Waals surface area contributed by atoms with Gasteiger partial charge in [0.2, 0.25) is 0 Å². The molecule has 236 valence electrons. The Morgan fingerprint density at radius 3 is 1.43 bits per heavy atom. The average Bonchev–Trinajstić information content (AvgIpc) is 3.54. The van der Waals surface area contributed by atoms with Gasteiger partial charge in [0.05, 0.1) is 11.0 Å². The Hall–Kier alpha value is -6.70. The molecule has 1 heteroatoms. The minimum absolute atomic E-state index is 1.16. The fraction of sp³-hybridized carbons (Fsp3) is 0. The van der Waals surface area contributed by atoms with E-state index in [-0.39, 0.29) is 0 Å². The van der Waals surface area contributed by atoms with Crippen molar-refractivity contribution in [2.45, 2.75) is 0 Å². The first kappa shape index (κ1) is 28.2. The molecule has 0 bridgehead atoms. The van der Waals surface area contributed by atoms with Crippen LogP contribution in [0.1, 0.15) is 0 Å². The molecule has 0 atom stereocenters. The molecule has 51 heavy (non-hydrogen) atoms. The maximum atomic E-state index is 2.43. The van der Waals surface area contributed by atoms with Crippen molar-refractivity contribution in [1.82, 2.24) is 4.57 Å². The van der Waals surface area contributed by atoms with E-state index >= 15 is 0 Å². The Morgan fingerprint density at radius 2 is 0.765 bits per heavy atom. The van der Waals surface area contributed by atoms with Gasteiger partial charge in [0, 0.05) is 16.5 Å². The molecule has 0 saturated carbocycles. The predicted octanol–water partition coefficient (Wildman–Crippen LogP) is 13.9. The third kappa shape index (κ3) is 4.22. The van der Waals surface area contributed by atoms with Crippen molar-refractivity contribution in [1.29, 1.82) is 0 Å². The van der Waals surface area contributed by atoms with Crippen molar-refractivity contribution >= 4 is 75.7 Å². The molecule has 10 aromatic carbocycles. The predicted molar refractivity (Wildman–Crippen MR) is 219 cm³/mol. The maximum absolute atomic E-state index is 2.43. The zero-order chi connectivity index (χ0) is 33.5. The van der Waals surface area contributed by atoms with Gasteiger partial charge in [-0.3, -0.25) is 0 Å². The second-order valence-electron chi connectivity index (χ2n) is 13.7. The van der Waals surface area contributed by atoms with Crippen LogP contribution in [0.25, 0.3) is 104 Å². The molecular formula is C50H31N. The van der Waals surface area contributed by atoms with E-state index in [1.165, 1.54) is 97.9 Å². The Labute approximate surface area is 295 Å². The molecular weight excluding hydrogens is 615 g/mol. The zero-order valence-electron chi connectivity index (χ0n) is 27.8. The van der Waals surface area contributed by atoms with Crippen LogP contribution < -0.4 is 0 Å². The molecule has 0 saturated heterocycles. The summed E-state index contributed by atoms with van der Waals surface area (Å²) in [6.45, 7) is 0. The van der Waals surface area contributed by atoms with E-state index in [4.69, 9.17) is 0 Å². The van der Waals surface area contributed by atoms with Crippen molar-refractivity contribution in [3.63, 3.8) is 0 Å². The maximum Gasteiger partial charge on any atom is 0.0547 e. The molecule has 0 aliphatic rings. The highest BCUT2D eigenvalue weighted by Crippen LogP contribution is 2.45. The van der Waals surface area contributed by atoms with Gasteiger partial charge in [-0.25, -0.2) is 0 Å². The van der Waals surface area contributed by atoms with Gasteiger partial charge in [0.15, 0.2) is 0 Å². The quantitative estimate of drug-likeness (QED) is 0.169. The fourth-order valence-corrected chi connectivity index (χ4v) is 8.63. The minimum Gasteiger partial charge on any atom is -0.309 e. The van der Waals surface area contributed by atoms with Gasteiger partial charge in [-0.1, -0.05) is 146 Å². The van der Waals surface area contributed by atoms with Crippen molar-refractivity contribution in [2.75, 3.05) is 0 Å². The van der Waals surface area contributed by atoms with E-state index in [0.29, 0.717) is 0 Å². The molecule has 0 aliphatic heterocycles. The number of para-hydroxylation sites is 1. The molecule has 1 nitrogen and oxygen atoms in total. The molecule has 11 rings (SSSR count). The van der Waals surface area contributed by atoms with Gasteiger partial charge >= 0.3 is 0 Å². The molecule has 1 aromatic heterocycles. The summed E-state index contributed by atoms with van der Waals surface area (Å²) in [6, 6.07) is 69.3. The molecule has 1 heterocycles. The summed E-state index contributed by atoms with van der Waals surface area (Å²) in [7, 11) is 0. The second-order valence-corrected chi connectivity index (χ2v) is 13.7. The van der Waals surface area contributed by atoms with Crippen molar-refractivity contribution in [3.05, 3.63) is 188 Å². The van der Waals surface area contributed by atoms with E-state index in [0.717, 1.165) is 5.69 Å². The lowest BCUT2D eigenvalue weighted by atomic mass is 9.85. The number of fused-ring (bicyclic) bond motifs is 9. The number of aromatic nitrogens is 1. The number of hydrogen-bond donors (Lipinski definition) is 0. The van der Waals surface area contributed by atoms with Crippen LogP contribution in [-0.2, 0) is 0 Å². The van der Waals surface area contributed by atoms with E-state index in [1.54, 1.807) is 0 Å². The molecule has 11 aromatic rings. The topological polar surface area (TPSA) is 4.93 Å². The van der Waals surface area contributed by atoms with E-state index in [9.17, 15) is 0 Å². The van der Waals surface area contributed by atoms with Crippen molar-refractivity contribution < 1.29 is 0 Å². The van der Waals surface area contributed by atoms with Crippen LogP contribution in [0.4, 0.5) is 0 Å². The first-order valence-corrected chi connectivity index (χ1v) is 17.7. The van der Waals surface area contributed by atoms with Crippen LogP contribution in [0.5, 0.6) is 0 Å². The summed E-state index contributed by atoms with van der Waals surface area (Å²) < 4.78 is 2.43. The van der Waals surface area contributed by atoms with Crippen molar-refractivity contribution in [2.24, 2.45) is 0 Å². The van der Waals surface area contributed by atoms with Crippen LogP contribution in [0.2, 0.25) is 0 Å². The first-order valence-electron chi connectivity index (χ1n) is 17.7. The van der Waals surface area contributed by atoms with Gasteiger partial charge in [0.25, 0.3) is 0 Å². The number of nitrogens with zero attached hydrogens (tertiary/aromatic N) is 1. The molecule has 0 spiro atoms. The Morgan fingerprint density at radius 1 is 0.275 bits per heavy atom. The van der Waals surface area contributed by atoms with Crippen LogP contribution in [0, 0.1) is 0 Å². The average molecular weight is 646 g/mol. The Bertz CT molecular complexity index is 3120. The van der Waals surface area contributed by atoms with E-state index in [1.807, 2.05) is 0 Å². The smallest absolute Gasteiger partial charge is 0.0547 e. The summed E-state index contributed by atoms with van der Waals surface area (Å²) >= 11 is 0.